The van der Waals surface area contributed by atoms with Crippen LogP contribution in [0.4, 0.5) is 0 Å². The predicted octanol–water partition coefficient (Wildman–Crippen LogP) is 1.53. The van der Waals surface area contributed by atoms with E-state index in [-0.39, 0.29) is 5.91 Å². The molecule has 17 heavy (non-hydrogen) atoms. The molecule has 2 N–H and O–H groups in total. The van der Waals surface area contributed by atoms with Gasteiger partial charge in [-0.2, -0.15) is 0 Å². The summed E-state index contributed by atoms with van der Waals surface area (Å²) in [5, 5.41) is 0. The van der Waals surface area contributed by atoms with Gasteiger partial charge in [0.15, 0.2) is 0 Å². The van der Waals surface area contributed by atoms with Crippen LogP contribution in [0.2, 0.25) is 0 Å². The van der Waals surface area contributed by atoms with Crippen molar-refractivity contribution in [3.05, 3.63) is 29.6 Å². The number of nitrogens with zero attached hydrogens (tertiary/aromatic N) is 2. The molecule has 0 unspecified atom stereocenters. The van der Waals surface area contributed by atoms with Crippen LogP contribution in [-0.2, 0) is 0 Å². The topological polar surface area (TPSA) is 59.2 Å². The zero-order valence-corrected chi connectivity index (χ0v) is 11.0. The first-order valence-electron chi connectivity index (χ1n) is 5.54. The van der Waals surface area contributed by atoms with Crippen molar-refractivity contribution in [1.82, 2.24) is 9.88 Å². The summed E-state index contributed by atoms with van der Waals surface area (Å²) in [4.78, 5) is 18.4. The number of rotatable bonds is 5. The Balaban J connectivity index is 2.71. The number of aromatic nitrogens is 1. The highest BCUT2D eigenvalue weighted by Crippen LogP contribution is 2.05. The van der Waals surface area contributed by atoms with Crippen molar-refractivity contribution in [2.24, 2.45) is 5.73 Å². The van der Waals surface area contributed by atoms with Gasteiger partial charge in [0.1, 0.15) is 0 Å². The van der Waals surface area contributed by atoms with Crippen LogP contribution in [0.5, 0.6) is 0 Å². The minimum Gasteiger partial charge on any atom is -0.393 e. The van der Waals surface area contributed by atoms with E-state index in [0.717, 1.165) is 5.69 Å². The van der Waals surface area contributed by atoms with E-state index < -0.39 is 0 Å². The van der Waals surface area contributed by atoms with Crippen molar-refractivity contribution < 1.29 is 4.79 Å². The largest absolute Gasteiger partial charge is 0.393 e. The minimum atomic E-state index is -0.0312. The lowest BCUT2D eigenvalue weighted by Gasteiger charge is -2.20. The Labute approximate surface area is 107 Å². The molecule has 0 spiro atoms. The fourth-order valence-corrected chi connectivity index (χ4v) is 1.52. The second-order valence-corrected chi connectivity index (χ2v) is 4.31. The molecule has 1 rings (SSSR count). The van der Waals surface area contributed by atoms with Crippen LogP contribution in [0.3, 0.4) is 0 Å². The number of thiocarbonyl (C=S) groups is 1. The van der Waals surface area contributed by atoms with Crippen LogP contribution >= 0.6 is 12.2 Å². The molecule has 0 aliphatic carbocycles. The predicted molar refractivity (Wildman–Crippen MR) is 72.0 cm³/mol. The molecule has 0 saturated heterocycles. The SMILES string of the molecule is CCN(CCC(N)=S)C(=O)c1ccc(C)nc1. The van der Waals surface area contributed by atoms with E-state index in [1.165, 1.54) is 0 Å². The van der Waals surface area contributed by atoms with Gasteiger partial charge in [-0.05, 0) is 26.0 Å². The first-order valence-corrected chi connectivity index (χ1v) is 5.95. The Hall–Kier alpha value is -1.49. The van der Waals surface area contributed by atoms with E-state index in [4.69, 9.17) is 18.0 Å². The molecule has 0 aliphatic rings. The van der Waals surface area contributed by atoms with Crippen LogP contribution in [0.25, 0.3) is 0 Å². The minimum absolute atomic E-state index is 0.0312. The van der Waals surface area contributed by atoms with Crippen LogP contribution in [0.15, 0.2) is 18.3 Å². The second kappa shape index (κ2) is 6.30. The van der Waals surface area contributed by atoms with Crippen molar-refractivity contribution in [3.63, 3.8) is 0 Å². The molecule has 0 fully saturated rings. The van der Waals surface area contributed by atoms with Crippen molar-refractivity contribution >= 4 is 23.1 Å². The third-order valence-electron chi connectivity index (χ3n) is 2.46. The second-order valence-electron chi connectivity index (χ2n) is 3.79. The number of carbonyl (C=O) groups is 1. The van der Waals surface area contributed by atoms with Crippen LogP contribution < -0.4 is 5.73 Å². The van der Waals surface area contributed by atoms with Gasteiger partial charge in [0, 0.05) is 31.4 Å². The Morgan fingerprint density at radius 3 is 2.71 bits per heavy atom. The average Bonchev–Trinajstić information content (AvgIpc) is 2.30. The van der Waals surface area contributed by atoms with Crippen molar-refractivity contribution in [1.29, 1.82) is 0 Å². The summed E-state index contributed by atoms with van der Waals surface area (Å²) in [6, 6.07) is 3.61. The molecule has 0 atom stereocenters. The summed E-state index contributed by atoms with van der Waals surface area (Å²) in [5.41, 5.74) is 6.93. The number of nitrogens with two attached hydrogens (primary N) is 1. The molecule has 0 aromatic carbocycles. The quantitative estimate of drug-likeness (QED) is 0.806. The molecule has 1 aromatic rings. The third-order valence-corrected chi connectivity index (χ3v) is 2.66. The maximum Gasteiger partial charge on any atom is 0.255 e. The number of hydrogen-bond acceptors (Lipinski definition) is 3. The number of hydrogen-bond donors (Lipinski definition) is 1. The number of aryl methyl sites for hydroxylation is 1. The fraction of sp³-hybridized carbons (Fsp3) is 0.417. The van der Waals surface area contributed by atoms with Gasteiger partial charge in [0.05, 0.1) is 10.6 Å². The molecule has 1 heterocycles. The van der Waals surface area contributed by atoms with Crippen LogP contribution in [0.1, 0.15) is 29.4 Å². The number of amides is 1. The molecule has 0 bridgehead atoms. The smallest absolute Gasteiger partial charge is 0.255 e. The Bertz CT molecular complexity index is 403. The van der Waals surface area contributed by atoms with Gasteiger partial charge in [0.2, 0.25) is 0 Å². The van der Waals surface area contributed by atoms with Crippen molar-refractivity contribution in [2.75, 3.05) is 13.1 Å². The molecule has 1 amide bonds. The van der Waals surface area contributed by atoms with Gasteiger partial charge in [-0.15, -0.1) is 0 Å². The van der Waals surface area contributed by atoms with Gasteiger partial charge in [-0.25, -0.2) is 0 Å². The van der Waals surface area contributed by atoms with Crippen molar-refractivity contribution in [3.8, 4) is 0 Å². The van der Waals surface area contributed by atoms with Gasteiger partial charge in [-0.3, -0.25) is 9.78 Å². The number of pyridine rings is 1. The fourth-order valence-electron chi connectivity index (χ4n) is 1.43. The van der Waals surface area contributed by atoms with E-state index in [1.807, 2.05) is 19.9 Å². The highest BCUT2D eigenvalue weighted by Gasteiger charge is 2.14. The van der Waals surface area contributed by atoms with E-state index in [1.54, 1.807) is 17.2 Å². The molecule has 0 aliphatic heterocycles. The molecular formula is C12H17N3OS. The summed E-state index contributed by atoms with van der Waals surface area (Å²) in [7, 11) is 0. The molecule has 4 nitrogen and oxygen atoms in total. The van der Waals surface area contributed by atoms with E-state index in [0.29, 0.717) is 30.1 Å². The maximum atomic E-state index is 12.1. The van der Waals surface area contributed by atoms with E-state index in [2.05, 4.69) is 4.98 Å². The summed E-state index contributed by atoms with van der Waals surface area (Å²) in [5.74, 6) is -0.0312. The lowest BCUT2D eigenvalue weighted by Crippen LogP contribution is -2.33. The zero-order chi connectivity index (χ0) is 12.8. The standard InChI is InChI=1S/C12H17N3OS/c1-3-15(7-6-11(13)17)12(16)10-5-4-9(2)14-8-10/h4-5,8H,3,6-7H2,1-2H3,(H2,13,17). The highest BCUT2D eigenvalue weighted by atomic mass is 32.1. The first-order chi connectivity index (χ1) is 8.04. The highest BCUT2D eigenvalue weighted by molar-refractivity contribution is 7.80. The Kier molecular flexibility index (Phi) is 5.03. The first kappa shape index (κ1) is 13.6. The Morgan fingerprint density at radius 1 is 1.53 bits per heavy atom. The molecule has 92 valence electrons. The Morgan fingerprint density at radius 2 is 2.24 bits per heavy atom. The van der Waals surface area contributed by atoms with Crippen LogP contribution in [-0.4, -0.2) is 33.9 Å². The average molecular weight is 251 g/mol. The van der Waals surface area contributed by atoms with Gasteiger partial charge >= 0.3 is 0 Å². The summed E-state index contributed by atoms with van der Waals surface area (Å²) < 4.78 is 0. The summed E-state index contributed by atoms with van der Waals surface area (Å²) in [6.07, 6.45) is 2.15. The lowest BCUT2D eigenvalue weighted by atomic mass is 10.2. The monoisotopic (exact) mass is 251 g/mol. The maximum absolute atomic E-state index is 12.1. The van der Waals surface area contributed by atoms with Crippen molar-refractivity contribution in [2.45, 2.75) is 20.3 Å². The summed E-state index contributed by atoms with van der Waals surface area (Å²) in [6.45, 7) is 5.01. The zero-order valence-electron chi connectivity index (χ0n) is 10.1. The summed E-state index contributed by atoms with van der Waals surface area (Å²) >= 11 is 4.81. The molecule has 0 radical (unpaired) electrons. The molecular weight excluding hydrogens is 234 g/mol. The molecule has 1 aromatic heterocycles. The lowest BCUT2D eigenvalue weighted by molar-refractivity contribution is 0.0768. The normalized spacial score (nSPS) is 10.0. The number of carbonyl (C=O) groups excluding carboxylic acids is 1. The third kappa shape index (κ3) is 4.11. The van der Waals surface area contributed by atoms with E-state index >= 15 is 0 Å². The van der Waals surface area contributed by atoms with Crippen LogP contribution in [0, 0.1) is 6.92 Å². The van der Waals surface area contributed by atoms with Gasteiger partial charge in [-0.1, -0.05) is 12.2 Å². The molecule has 5 heteroatoms. The van der Waals surface area contributed by atoms with Gasteiger partial charge in [0.25, 0.3) is 5.91 Å². The van der Waals surface area contributed by atoms with Gasteiger partial charge < -0.3 is 10.6 Å². The van der Waals surface area contributed by atoms with E-state index in [9.17, 15) is 4.79 Å². The molecule has 0 saturated carbocycles.